The van der Waals surface area contributed by atoms with Crippen molar-refractivity contribution in [2.75, 3.05) is 0 Å². The number of pyridine rings is 1. The second-order valence-electron chi connectivity index (χ2n) is 5.41. The molecule has 0 saturated carbocycles. The number of carbonyl (C=O) groups is 2. The fourth-order valence-electron chi connectivity index (χ4n) is 2.32. The first-order valence-corrected chi connectivity index (χ1v) is 7.86. The molecule has 1 amide bonds. The van der Waals surface area contributed by atoms with Gasteiger partial charge in [-0.1, -0.05) is 18.2 Å². The minimum absolute atomic E-state index is 0.0358. The molecule has 0 bridgehead atoms. The number of hydrogen-bond donors (Lipinski definition) is 1. The molecule has 0 unspecified atom stereocenters. The van der Waals surface area contributed by atoms with Gasteiger partial charge in [-0.25, -0.2) is 4.79 Å². The largest absolute Gasteiger partial charge is 0.457 e. The Hall–Kier alpha value is -3.67. The SMILES string of the molecule is NC(=O)c1ccccc1COC(=O)c1ccc(Oc2cccnc2)cc1. The summed E-state index contributed by atoms with van der Waals surface area (Å²) in [6.45, 7) is -0.0358. The van der Waals surface area contributed by atoms with Crippen molar-refractivity contribution in [2.45, 2.75) is 6.61 Å². The van der Waals surface area contributed by atoms with Gasteiger partial charge in [0.2, 0.25) is 5.91 Å². The van der Waals surface area contributed by atoms with Crippen molar-refractivity contribution in [3.63, 3.8) is 0 Å². The number of amides is 1. The average Bonchev–Trinajstić information content (AvgIpc) is 2.67. The molecule has 2 N–H and O–H groups in total. The molecule has 0 atom stereocenters. The number of nitrogens with zero attached hydrogens (tertiary/aromatic N) is 1. The second kappa shape index (κ2) is 7.94. The summed E-state index contributed by atoms with van der Waals surface area (Å²) in [6.07, 6.45) is 3.25. The topological polar surface area (TPSA) is 91.5 Å². The Morgan fingerprint density at radius 1 is 0.923 bits per heavy atom. The molecule has 130 valence electrons. The van der Waals surface area contributed by atoms with Gasteiger partial charge in [-0.05, 0) is 42.5 Å². The Morgan fingerprint density at radius 3 is 2.38 bits per heavy atom. The zero-order valence-corrected chi connectivity index (χ0v) is 13.8. The number of nitrogens with two attached hydrogens (primary N) is 1. The number of ether oxygens (including phenoxy) is 2. The van der Waals surface area contributed by atoms with E-state index in [1.54, 1.807) is 73.1 Å². The van der Waals surface area contributed by atoms with Gasteiger partial charge < -0.3 is 15.2 Å². The maximum Gasteiger partial charge on any atom is 0.338 e. The smallest absolute Gasteiger partial charge is 0.338 e. The molecule has 3 aromatic rings. The Kier molecular flexibility index (Phi) is 5.24. The van der Waals surface area contributed by atoms with Crippen LogP contribution in [0.1, 0.15) is 26.3 Å². The first-order chi connectivity index (χ1) is 12.6. The van der Waals surface area contributed by atoms with Gasteiger partial charge in [-0.3, -0.25) is 9.78 Å². The van der Waals surface area contributed by atoms with Crippen LogP contribution < -0.4 is 10.5 Å². The maximum atomic E-state index is 12.2. The van der Waals surface area contributed by atoms with Gasteiger partial charge in [0.25, 0.3) is 0 Å². The first-order valence-electron chi connectivity index (χ1n) is 7.86. The zero-order valence-electron chi connectivity index (χ0n) is 13.8. The molecule has 26 heavy (non-hydrogen) atoms. The average molecular weight is 348 g/mol. The molecule has 0 aliphatic rings. The van der Waals surface area contributed by atoms with Crippen LogP contribution in [0.2, 0.25) is 0 Å². The fourth-order valence-corrected chi connectivity index (χ4v) is 2.32. The molecule has 0 aliphatic carbocycles. The van der Waals surface area contributed by atoms with Gasteiger partial charge in [0, 0.05) is 17.3 Å². The van der Waals surface area contributed by atoms with Crippen LogP contribution in [0.15, 0.2) is 73.1 Å². The summed E-state index contributed by atoms with van der Waals surface area (Å²) in [4.78, 5) is 27.5. The highest BCUT2D eigenvalue weighted by Gasteiger charge is 2.11. The van der Waals surface area contributed by atoms with Gasteiger partial charge in [0.1, 0.15) is 18.1 Å². The summed E-state index contributed by atoms with van der Waals surface area (Å²) < 4.78 is 10.9. The highest BCUT2D eigenvalue weighted by atomic mass is 16.5. The number of aromatic nitrogens is 1. The third-order valence-corrected chi connectivity index (χ3v) is 3.60. The van der Waals surface area contributed by atoms with Gasteiger partial charge >= 0.3 is 5.97 Å². The van der Waals surface area contributed by atoms with Crippen LogP contribution in [0.5, 0.6) is 11.5 Å². The normalized spacial score (nSPS) is 10.2. The van der Waals surface area contributed by atoms with Gasteiger partial charge in [-0.2, -0.15) is 0 Å². The van der Waals surface area contributed by atoms with E-state index in [-0.39, 0.29) is 6.61 Å². The highest BCUT2D eigenvalue weighted by molar-refractivity contribution is 5.94. The third kappa shape index (κ3) is 4.24. The maximum absolute atomic E-state index is 12.2. The Labute approximate surface area is 150 Å². The summed E-state index contributed by atoms with van der Waals surface area (Å²) in [5.74, 6) is 0.116. The Bertz CT molecular complexity index is 909. The predicted molar refractivity (Wildman–Crippen MR) is 94.8 cm³/mol. The number of carbonyl (C=O) groups excluding carboxylic acids is 2. The number of benzene rings is 2. The van der Waals surface area contributed by atoms with Crippen LogP contribution in [-0.4, -0.2) is 16.9 Å². The van der Waals surface area contributed by atoms with Gasteiger partial charge in [0.05, 0.1) is 11.8 Å². The van der Waals surface area contributed by atoms with Crippen molar-refractivity contribution >= 4 is 11.9 Å². The standard InChI is InChI=1S/C20H16N2O4/c21-19(23)18-6-2-1-4-15(18)13-25-20(24)14-7-9-16(10-8-14)26-17-5-3-11-22-12-17/h1-12H,13H2,(H2,21,23). The Morgan fingerprint density at radius 2 is 1.69 bits per heavy atom. The lowest BCUT2D eigenvalue weighted by molar-refractivity contribution is 0.0470. The van der Waals surface area contributed by atoms with E-state index in [0.717, 1.165) is 0 Å². The molecule has 0 fully saturated rings. The second-order valence-corrected chi connectivity index (χ2v) is 5.41. The molecule has 6 heteroatoms. The zero-order chi connectivity index (χ0) is 18.4. The molecule has 0 aliphatic heterocycles. The minimum atomic E-state index is -0.562. The quantitative estimate of drug-likeness (QED) is 0.690. The predicted octanol–water partition coefficient (Wildman–Crippen LogP) is 3.33. The molecule has 1 heterocycles. The van der Waals surface area contributed by atoms with Crippen molar-refractivity contribution in [2.24, 2.45) is 5.73 Å². The van der Waals surface area contributed by atoms with Gasteiger partial charge in [0.15, 0.2) is 0 Å². The summed E-state index contributed by atoms with van der Waals surface area (Å²) in [5, 5.41) is 0. The Balaban J connectivity index is 1.63. The van der Waals surface area contributed by atoms with Crippen LogP contribution in [0.3, 0.4) is 0 Å². The minimum Gasteiger partial charge on any atom is -0.457 e. The van der Waals surface area contributed by atoms with Crippen molar-refractivity contribution in [3.8, 4) is 11.5 Å². The molecule has 3 rings (SSSR count). The summed E-state index contributed by atoms with van der Waals surface area (Å²) in [7, 11) is 0. The van der Waals surface area contributed by atoms with Crippen LogP contribution in [-0.2, 0) is 11.3 Å². The van der Waals surface area contributed by atoms with Crippen LogP contribution >= 0.6 is 0 Å². The lowest BCUT2D eigenvalue weighted by atomic mass is 10.1. The van der Waals surface area contributed by atoms with Crippen molar-refractivity contribution < 1.29 is 19.1 Å². The van der Waals surface area contributed by atoms with Gasteiger partial charge in [-0.15, -0.1) is 0 Å². The van der Waals surface area contributed by atoms with E-state index in [2.05, 4.69) is 4.98 Å². The molecule has 0 saturated heterocycles. The molecular formula is C20H16N2O4. The summed E-state index contributed by atoms with van der Waals surface area (Å²) in [6, 6.07) is 16.8. The molecule has 2 aromatic carbocycles. The highest BCUT2D eigenvalue weighted by Crippen LogP contribution is 2.21. The summed E-state index contributed by atoms with van der Waals surface area (Å²) in [5.41, 5.74) is 6.58. The number of rotatable bonds is 6. The third-order valence-electron chi connectivity index (χ3n) is 3.60. The van der Waals surface area contributed by atoms with E-state index >= 15 is 0 Å². The van der Waals surface area contributed by atoms with E-state index in [1.807, 2.05) is 0 Å². The monoisotopic (exact) mass is 348 g/mol. The molecule has 6 nitrogen and oxygen atoms in total. The molecule has 0 spiro atoms. The molecule has 0 radical (unpaired) electrons. The van der Waals surface area contributed by atoms with E-state index in [1.165, 1.54) is 0 Å². The van der Waals surface area contributed by atoms with E-state index < -0.39 is 11.9 Å². The van der Waals surface area contributed by atoms with Crippen molar-refractivity contribution in [3.05, 3.63) is 89.7 Å². The number of primary amides is 1. The van der Waals surface area contributed by atoms with E-state index in [9.17, 15) is 9.59 Å². The van der Waals surface area contributed by atoms with E-state index in [0.29, 0.717) is 28.2 Å². The van der Waals surface area contributed by atoms with Crippen LogP contribution in [0, 0.1) is 0 Å². The van der Waals surface area contributed by atoms with Crippen LogP contribution in [0.4, 0.5) is 0 Å². The van der Waals surface area contributed by atoms with Crippen molar-refractivity contribution in [1.29, 1.82) is 0 Å². The lowest BCUT2D eigenvalue weighted by Crippen LogP contribution is -2.15. The van der Waals surface area contributed by atoms with E-state index in [4.69, 9.17) is 15.2 Å². The number of esters is 1. The molecule has 1 aromatic heterocycles. The fraction of sp³-hybridized carbons (Fsp3) is 0.0500. The first kappa shape index (κ1) is 17.2. The van der Waals surface area contributed by atoms with Crippen molar-refractivity contribution in [1.82, 2.24) is 4.98 Å². The lowest BCUT2D eigenvalue weighted by Gasteiger charge is -2.09. The summed E-state index contributed by atoms with van der Waals surface area (Å²) >= 11 is 0. The molecular weight excluding hydrogens is 332 g/mol. The number of hydrogen-bond acceptors (Lipinski definition) is 5. The van der Waals surface area contributed by atoms with Crippen LogP contribution in [0.25, 0.3) is 0 Å².